The van der Waals surface area contributed by atoms with E-state index in [0.717, 1.165) is 17.1 Å². The van der Waals surface area contributed by atoms with E-state index < -0.39 is 11.7 Å². The van der Waals surface area contributed by atoms with Crippen molar-refractivity contribution in [3.8, 4) is 5.75 Å². The zero-order valence-electron chi connectivity index (χ0n) is 13.1. The van der Waals surface area contributed by atoms with Crippen LogP contribution in [0.1, 0.15) is 31.3 Å². The Morgan fingerprint density at radius 1 is 1.43 bits per heavy atom. The Morgan fingerprint density at radius 2 is 2.22 bits per heavy atom. The molecular weight excluding hydrogens is 312 g/mol. The van der Waals surface area contributed by atoms with Gasteiger partial charge in [0.05, 0.1) is 6.04 Å². The molecule has 0 saturated carbocycles. The van der Waals surface area contributed by atoms with Gasteiger partial charge in [-0.15, -0.1) is 0 Å². The molecule has 1 N–H and O–H groups in total. The third kappa shape index (κ3) is 2.80. The summed E-state index contributed by atoms with van der Waals surface area (Å²) < 4.78 is 7.89. The van der Waals surface area contributed by atoms with Gasteiger partial charge in [-0.3, -0.25) is 0 Å². The monoisotopic (exact) mass is 330 g/mol. The molecule has 1 aromatic carbocycles. The molecule has 1 aliphatic rings. The molecule has 0 fully saturated rings. The predicted octanol–water partition coefficient (Wildman–Crippen LogP) is 3.86. The van der Waals surface area contributed by atoms with Crippen LogP contribution in [0.3, 0.4) is 0 Å². The standard InChI is InChI=1S/C18H19ClN2O2/c1-4-5-6-15-20-9-10-21(15)16-13-11-12(19)7-8-14(13)23-18(2,3)17(16)22/h4-11,16-17,22H,1H2,2-3H3/b6-5+/t16-,17+/m1/s1. The van der Waals surface area contributed by atoms with Crippen LogP contribution in [-0.2, 0) is 0 Å². The van der Waals surface area contributed by atoms with E-state index in [0.29, 0.717) is 5.02 Å². The van der Waals surface area contributed by atoms with Crippen LogP contribution in [0.25, 0.3) is 6.08 Å². The number of fused-ring (bicyclic) bond motifs is 1. The van der Waals surface area contributed by atoms with E-state index >= 15 is 0 Å². The molecule has 5 heteroatoms. The molecule has 0 unspecified atom stereocenters. The largest absolute Gasteiger partial charge is 0.485 e. The summed E-state index contributed by atoms with van der Waals surface area (Å²) in [6, 6.07) is 5.13. The smallest absolute Gasteiger partial charge is 0.133 e. The molecule has 120 valence electrons. The number of halogens is 1. The van der Waals surface area contributed by atoms with Crippen molar-refractivity contribution in [1.82, 2.24) is 9.55 Å². The van der Waals surface area contributed by atoms with E-state index in [4.69, 9.17) is 16.3 Å². The highest BCUT2D eigenvalue weighted by molar-refractivity contribution is 6.30. The van der Waals surface area contributed by atoms with E-state index in [-0.39, 0.29) is 6.04 Å². The van der Waals surface area contributed by atoms with Crippen molar-refractivity contribution in [2.45, 2.75) is 31.6 Å². The number of benzene rings is 1. The number of ether oxygens (including phenoxy) is 1. The molecule has 0 spiro atoms. The van der Waals surface area contributed by atoms with Gasteiger partial charge in [-0.05, 0) is 38.1 Å². The first-order valence-corrected chi connectivity index (χ1v) is 7.80. The number of aromatic nitrogens is 2. The Hall–Kier alpha value is -2.04. The van der Waals surface area contributed by atoms with Crippen LogP contribution in [0.5, 0.6) is 5.75 Å². The summed E-state index contributed by atoms with van der Waals surface area (Å²) in [5.41, 5.74) is 0.116. The van der Waals surface area contributed by atoms with E-state index in [1.165, 1.54) is 0 Å². The lowest BCUT2D eigenvalue weighted by Crippen LogP contribution is -2.50. The van der Waals surface area contributed by atoms with Crippen molar-refractivity contribution in [3.63, 3.8) is 0 Å². The van der Waals surface area contributed by atoms with Crippen molar-refractivity contribution in [2.75, 3.05) is 0 Å². The molecule has 0 saturated heterocycles. The fourth-order valence-electron chi connectivity index (χ4n) is 2.88. The number of hydrogen-bond acceptors (Lipinski definition) is 3. The van der Waals surface area contributed by atoms with Crippen molar-refractivity contribution < 1.29 is 9.84 Å². The Balaban J connectivity index is 2.17. The molecule has 1 aliphatic heterocycles. The lowest BCUT2D eigenvalue weighted by atomic mass is 9.86. The fraction of sp³-hybridized carbons (Fsp3) is 0.278. The van der Waals surface area contributed by atoms with Gasteiger partial charge in [0.25, 0.3) is 0 Å². The molecule has 4 nitrogen and oxygen atoms in total. The molecule has 0 radical (unpaired) electrons. The summed E-state index contributed by atoms with van der Waals surface area (Å²) in [5, 5.41) is 11.5. The van der Waals surface area contributed by atoms with Gasteiger partial charge in [0.15, 0.2) is 0 Å². The predicted molar refractivity (Wildman–Crippen MR) is 91.8 cm³/mol. The normalized spacial score (nSPS) is 22.6. The zero-order valence-corrected chi connectivity index (χ0v) is 13.9. The van der Waals surface area contributed by atoms with Gasteiger partial charge in [-0.25, -0.2) is 4.98 Å². The second kappa shape index (κ2) is 5.87. The van der Waals surface area contributed by atoms with Crippen LogP contribution in [0.15, 0.2) is 49.3 Å². The SMILES string of the molecule is C=C/C=C/c1nccn1[C@@H]1c2cc(Cl)ccc2OC(C)(C)[C@H]1O. The van der Waals surface area contributed by atoms with E-state index in [2.05, 4.69) is 11.6 Å². The number of nitrogens with zero attached hydrogens (tertiary/aromatic N) is 2. The molecule has 2 aromatic rings. The number of hydrogen-bond donors (Lipinski definition) is 1. The summed E-state index contributed by atoms with van der Waals surface area (Å²) in [6.45, 7) is 7.42. The van der Waals surface area contributed by atoms with Gasteiger partial charge < -0.3 is 14.4 Å². The Labute approximate surface area is 140 Å². The fourth-order valence-corrected chi connectivity index (χ4v) is 3.06. The molecule has 23 heavy (non-hydrogen) atoms. The highest BCUT2D eigenvalue weighted by Crippen LogP contribution is 2.43. The minimum Gasteiger partial charge on any atom is -0.485 e. The van der Waals surface area contributed by atoms with Crippen LogP contribution in [0.2, 0.25) is 5.02 Å². The Bertz CT molecular complexity index is 764. The molecule has 2 heterocycles. The highest BCUT2D eigenvalue weighted by Gasteiger charge is 2.44. The maximum Gasteiger partial charge on any atom is 0.133 e. The third-order valence-electron chi connectivity index (χ3n) is 4.05. The number of aliphatic hydroxyl groups excluding tert-OH is 1. The zero-order chi connectivity index (χ0) is 16.6. The molecule has 0 bridgehead atoms. The van der Waals surface area contributed by atoms with Crippen LogP contribution in [-0.4, -0.2) is 26.4 Å². The van der Waals surface area contributed by atoms with Gasteiger partial charge in [0.2, 0.25) is 0 Å². The second-order valence-corrected chi connectivity index (χ2v) is 6.50. The molecule has 1 aromatic heterocycles. The molecule has 2 atom stereocenters. The topological polar surface area (TPSA) is 47.3 Å². The van der Waals surface area contributed by atoms with Crippen LogP contribution >= 0.6 is 11.6 Å². The van der Waals surface area contributed by atoms with Crippen molar-refractivity contribution in [3.05, 3.63) is 65.7 Å². The van der Waals surface area contributed by atoms with E-state index in [9.17, 15) is 5.11 Å². The molecule has 0 aliphatic carbocycles. The summed E-state index contributed by atoms with van der Waals surface area (Å²) >= 11 is 6.16. The number of imidazole rings is 1. The van der Waals surface area contributed by atoms with E-state index in [1.807, 2.05) is 48.9 Å². The van der Waals surface area contributed by atoms with Crippen molar-refractivity contribution >= 4 is 17.7 Å². The quantitative estimate of drug-likeness (QED) is 0.869. The van der Waals surface area contributed by atoms with Gasteiger partial charge in [0.1, 0.15) is 23.3 Å². The average Bonchev–Trinajstić information content (AvgIpc) is 2.95. The Kier molecular flexibility index (Phi) is 4.04. The second-order valence-electron chi connectivity index (χ2n) is 6.06. The number of rotatable bonds is 3. The minimum absolute atomic E-state index is 0.334. The highest BCUT2D eigenvalue weighted by atomic mass is 35.5. The first kappa shape index (κ1) is 15.8. The van der Waals surface area contributed by atoms with Gasteiger partial charge in [0, 0.05) is 23.0 Å². The minimum atomic E-state index is -0.751. The summed E-state index contributed by atoms with van der Waals surface area (Å²) in [5.74, 6) is 1.46. The van der Waals surface area contributed by atoms with Crippen LogP contribution in [0, 0.1) is 0 Å². The first-order chi connectivity index (χ1) is 10.9. The first-order valence-electron chi connectivity index (χ1n) is 7.42. The van der Waals surface area contributed by atoms with Crippen molar-refractivity contribution in [2.24, 2.45) is 0 Å². The van der Waals surface area contributed by atoms with Crippen LogP contribution < -0.4 is 4.74 Å². The average molecular weight is 331 g/mol. The van der Waals surface area contributed by atoms with Gasteiger partial charge in [-0.1, -0.05) is 30.3 Å². The van der Waals surface area contributed by atoms with Gasteiger partial charge >= 0.3 is 0 Å². The number of allylic oxidation sites excluding steroid dienone is 2. The molecular formula is C18H19ClN2O2. The van der Waals surface area contributed by atoms with Gasteiger partial charge in [-0.2, -0.15) is 0 Å². The lowest BCUT2D eigenvalue weighted by Gasteiger charge is -2.42. The Morgan fingerprint density at radius 3 is 2.96 bits per heavy atom. The summed E-state index contributed by atoms with van der Waals surface area (Å²) in [4.78, 5) is 4.35. The third-order valence-corrected chi connectivity index (χ3v) is 4.29. The molecule has 3 rings (SSSR count). The maximum atomic E-state index is 10.9. The summed E-state index contributed by atoms with van der Waals surface area (Å²) in [6.07, 6.45) is 8.17. The summed E-state index contributed by atoms with van der Waals surface area (Å²) in [7, 11) is 0. The molecule has 0 amide bonds. The van der Waals surface area contributed by atoms with Crippen molar-refractivity contribution in [1.29, 1.82) is 0 Å². The number of aliphatic hydroxyl groups is 1. The van der Waals surface area contributed by atoms with Crippen LogP contribution in [0.4, 0.5) is 0 Å². The lowest BCUT2D eigenvalue weighted by molar-refractivity contribution is -0.0637. The maximum absolute atomic E-state index is 10.9. The van der Waals surface area contributed by atoms with E-state index in [1.54, 1.807) is 18.3 Å².